The summed E-state index contributed by atoms with van der Waals surface area (Å²) in [5, 5.41) is 32.9. The van der Waals surface area contributed by atoms with Gasteiger partial charge in [0, 0.05) is 45.9 Å². The zero-order valence-corrected chi connectivity index (χ0v) is 29.5. The van der Waals surface area contributed by atoms with E-state index in [1.807, 2.05) is 0 Å². The van der Waals surface area contributed by atoms with Crippen molar-refractivity contribution >= 4 is 11.0 Å². The van der Waals surface area contributed by atoms with Crippen LogP contribution in [0.2, 0.25) is 0 Å². The van der Waals surface area contributed by atoms with E-state index in [2.05, 4.69) is 42.5 Å². The van der Waals surface area contributed by atoms with Crippen LogP contribution in [0.3, 0.4) is 0 Å². The van der Waals surface area contributed by atoms with E-state index in [9.17, 15) is 8.42 Å². The first-order valence-corrected chi connectivity index (χ1v) is 19.5. The summed E-state index contributed by atoms with van der Waals surface area (Å²) < 4.78 is 29.3. The largest absolute Gasteiger partial charge is 0.421 e. The van der Waals surface area contributed by atoms with Gasteiger partial charge in [0.1, 0.15) is 0 Å². The number of hydrogen-bond donors (Lipinski definition) is 8. The van der Waals surface area contributed by atoms with Gasteiger partial charge in [-0.1, -0.05) is 44.9 Å². The van der Waals surface area contributed by atoms with Gasteiger partial charge in [-0.15, -0.1) is 0 Å². The maximum atomic E-state index is 11.8. The first-order valence-electron chi connectivity index (χ1n) is 18.5. The molecular weight excluding hydrogens is 699 g/mol. The SMILES string of the molecule is O=[S-](=O)OC1CCCC2C3NC4NC(NC5NC(NC6NC(NC(N3)C12)C1CCCCC61)C1CCCCC51)C1CCCCC41.[Co].[Cu]. The third kappa shape index (κ3) is 6.35. The van der Waals surface area contributed by atoms with Crippen LogP contribution >= 0.6 is 0 Å². The fraction of sp³-hybridized carbons (Fsp3) is 1.00. The Morgan fingerprint density at radius 3 is 1.00 bits per heavy atom. The van der Waals surface area contributed by atoms with E-state index >= 15 is 0 Å². The average molecular weight is 754 g/mol. The van der Waals surface area contributed by atoms with Crippen LogP contribution in [0.1, 0.15) is 96.3 Å². The van der Waals surface area contributed by atoms with Gasteiger partial charge >= 0.3 is 0 Å². The first kappa shape index (κ1) is 35.0. The second kappa shape index (κ2) is 14.7. The van der Waals surface area contributed by atoms with Crippen molar-refractivity contribution in [2.75, 3.05) is 0 Å². The predicted octanol–water partition coefficient (Wildman–Crippen LogP) is 1.82. The van der Waals surface area contributed by atoms with Crippen LogP contribution in [0.4, 0.5) is 0 Å². The van der Waals surface area contributed by atoms with Crippen molar-refractivity contribution in [2.45, 2.75) is 152 Å². The summed E-state index contributed by atoms with van der Waals surface area (Å²) in [6.45, 7) is 0. The van der Waals surface area contributed by atoms with E-state index in [1.165, 1.54) is 77.0 Å². The van der Waals surface area contributed by atoms with Gasteiger partial charge in [-0.05, 0) is 92.8 Å². The number of rotatable bonds is 2. The molecule has 4 saturated carbocycles. The van der Waals surface area contributed by atoms with E-state index in [0.717, 1.165) is 19.3 Å². The van der Waals surface area contributed by atoms with Gasteiger partial charge in [-0.3, -0.25) is 42.5 Å². The van der Waals surface area contributed by atoms with E-state index < -0.39 is 11.0 Å². The van der Waals surface area contributed by atoms with Crippen molar-refractivity contribution in [3.63, 3.8) is 0 Å². The molecule has 5 aliphatic heterocycles. The standard InChI is InChI=1S/C32H55N8O3S.Co.Cu/c41-44(42)43-23-15-7-14-22-24(23)32-39-30-21-13-6-5-12-20(21)28(37-30)35-26-17-9-2-1-8-16(17)25(33-26)34-27-18-10-3-4-11-19(18)29(36-27)38-31(22)40-32;;/h16-40H,1-15H2;;/q-1;;. The van der Waals surface area contributed by atoms with Crippen LogP contribution in [-0.4, -0.2) is 55.4 Å². The Hall–Kier alpha value is 0.616. The normalized spacial score (nSPS) is 52.8. The topological polar surface area (TPSA) is 140 Å². The molecule has 0 aromatic heterocycles. The van der Waals surface area contributed by atoms with Crippen LogP contribution in [0.15, 0.2) is 0 Å². The molecule has 9 fully saturated rings. The maximum absolute atomic E-state index is 11.8. The van der Waals surface area contributed by atoms with Crippen LogP contribution in [0.25, 0.3) is 0 Å². The maximum Gasteiger partial charge on any atom is 0.0653 e. The molecule has 268 valence electrons. The Labute approximate surface area is 297 Å². The Balaban J connectivity index is 0.00000169. The van der Waals surface area contributed by atoms with Crippen molar-refractivity contribution < 1.29 is 46.4 Å². The second-order valence-electron chi connectivity index (χ2n) is 16.0. The molecule has 0 spiro atoms. The Morgan fingerprint density at radius 2 is 0.674 bits per heavy atom. The van der Waals surface area contributed by atoms with Crippen molar-refractivity contribution in [1.29, 1.82) is 0 Å². The molecule has 0 aromatic rings. The smallest absolute Gasteiger partial charge is 0.0653 e. The molecular formula is C32H55CoCuN8O3S-. The molecule has 0 aromatic carbocycles. The van der Waals surface area contributed by atoms with Gasteiger partial charge in [-0.25, -0.2) is 0 Å². The summed E-state index contributed by atoms with van der Waals surface area (Å²) in [5.41, 5.74) is 0. The summed E-state index contributed by atoms with van der Waals surface area (Å²) in [5.74, 6) is 4.16. The predicted molar refractivity (Wildman–Crippen MR) is 166 cm³/mol. The van der Waals surface area contributed by atoms with Crippen LogP contribution in [0, 0.1) is 47.3 Å². The molecule has 11 nitrogen and oxygen atoms in total. The Morgan fingerprint density at radius 1 is 0.391 bits per heavy atom. The molecule has 0 amide bonds. The summed E-state index contributed by atoms with van der Waals surface area (Å²) in [6.07, 6.45) is 20.0. The molecule has 8 bridgehead atoms. The van der Waals surface area contributed by atoms with Crippen LogP contribution in [0.5, 0.6) is 0 Å². The third-order valence-electron chi connectivity index (χ3n) is 14.0. The monoisotopic (exact) mass is 753 g/mol. The molecule has 4 aliphatic carbocycles. The summed E-state index contributed by atoms with van der Waals surface area (Å²) in [7, 11) is -2.51. The number of hydrogen-bond acceptors (Lipinski definition) is 12. The van der Waals surface area contributed by atoms with Gasteiger partial charge in [0.2, 0.25) is 0 Å². The molecule has 2 radical (unpaired) electrons. The van der Waals surface area contributed by atoms with Gasteiger partial charge < -0.3 is 12.6 Å². The number of fused-ring (bicyclic) bond motifs is 20. The number of nitrogens with one attached hydrogen (secondary N) is 8. The minimum atomic E-state index is -2.51. The fourth-order valence-electron chi connectivity index (χ4n) is 12.2. The van der Waals surface area contributed by atoms with E-state index in [1.54, 1.807) is 0 Å². The quantitative estimate of drug-likeness (QED) is 0.155. The van der Waals surface area contributed by atoms with Crippen molar-refractivity contribution in [2.24, 2.45) is 47.3 Å². The molecule has 5 saturated heterocycles. The summed E-state index contributed by atoms with van der Waals surface area (Å²) in [4.78, 5) is 0. The molecule has 9 aliphatic rings. The average Bonchev–Trinajstić information content (AvgIpc) is 3.77. The zero-order valence-electron chi connectivity index (χ0n) is 26.7. The second-order valence-corrected chi connectivity index (χ2v) is 16.6. The molecule has 17 unspecified atom stereocenters. The molecule has 9 rings (SSSR count). The summed E-state index contributed by atoms with van der Waals surface area (Å²) in [6, 6.07) is 0. The third-order valence-corrected chi connectivity index (χ3v) is 14.4. The van der Waals surface area contributed by atoms with Crippen LogP contribution in [-0.2, 0) is 57.4 Å². The van der Waals surface area contributed by atoms with Gasteiger partial charge in [-0.2, -0.15) is 0 Å². The first-order chi connectivity index (χ1) is 21.6. The molecule has 5 heterocycles. The van der Waals surface area contributed by atoms with Crippen molar-refractivity contribution in [1.82, 2.24) is 42.5 Å². The minimum absolute atomic E-state index is 0. The van der Waals surface area contributed by atoms with Crippen LogP contribution < -0.4 is 42.5 Å². The Kier molecular flexibility index (Phi) is 11.2. The summed E-state index contributed by atoms with van der Waals surface area (Å²) >= 11 is 0. The minimum Gasteiger partial charge on any atom is -0.421 e. The van der Waals surface area contributed by atoms with Gasteiger partial charge in [0.25, 0.3) is 0 Å². The molecule has 8 N–H and O–H groups in total. The molecule has 17 atom stereocenters. The van der Waals surface area contributed by atoms with Crippen molar-refractivity contribution in [3.05, 3.63) is 0 Å². The van der Waals surface area contributed by atoms with E-state index in [0.29, 0.717) is 59.9 Å². The fourth-order valence-corrected chi connectivity index (χ4v) is 12.6. The Bertz CT molecular complexity index is 1130. The van der Waals surface area contributed by atoms with Gasteiger partial charge in [0.15, 0.2) is 0 Å². The molecule has 46 heavy (non-hydrogen) atoms. The zero-order chi connectivity index (χ0) is 29.4. The van der Waals surface area contributed by atoms with E-state index in [-0.39, 0.29) is 76.7 Å². The van der Waals surface area contributed by atoms with Gasteiger partial charge in [0.05, 0.1) is 60.3 Å². The molecule has 14 heteroatoms. The van der Waals surface area contributed by atoms with E-state index in [4.69, 9.17) is 4.18 Å². The van der Waals surface area contributed by atoms with Crippen molar-refractivity contribution in [3.8, 4) is 0 Å².